The molecule has 0 heterocycles. The van der Waals surface area contributed by atoms with E-state index in [0.29, 0.717) is 13.4 Å². The van der Waals surface area contributed by atoms with Crippen LogP contribution < -0.4 is 0 Å². The Morgan fingerprint density at radius 3 is 2.62 bits per heavy atom. The molecule has 0 aromatic heterocycles. The number of ether oxygens (including phenoxy) is 2. The molecule has 0 unspecified atom stereocenters. The first kappa shape index (κ1) is 7.78. The Morgan fingerprint density at radius 2 is 2.25 bits per heavy atom. The quantitative estimate of drug-likeness (QED) is 0.528. The summed E-state index contributed by atoms with van der Waals surface area (Å²) in [6, 6.07) is 0. The van der Waals surface area contributed by atoms with Gasteiger partial charge in [0.1, 0.15) is 0 Å². The Bertz CT molecular complexity index is 49.3. The van der Waals surface area contributed by atoms with E-state index in [1.54, 1.807) is 6.92 Å². The van der Waals surface area contributed by atoms with Crippen LogP contribution in [-0.4, -0.2) is 13.2 Å². The van der Waals surface area contributed by atoms with Crippen molar-refractivity contribution in [3.8, 4) is 0 Å². The number of hydrogen-bond donors (Lipinski definition) is 0. The van der Waals surface area contributed by atoms with Crippen molar-refractivity contribution >= 4 is 0 Å². The van der Waals surface area contributed by atoms with E-state index in [-0.39, 0.29) is 0 Å². The second-order valence-electron chi connectivity index (χ2n) is 0.948. The molecule has 0 N–H and O–H groups in total. The molecular weight excluding hydrogens is 118 g/mol. The minimum absolute atomic E-state index is 0.340. The lowest BCUT2D eigenvalue weighted by atomic mass is 10.9. The molecule has 0 aliphatic rings. The van der Waals surface area contributed by atoms with E-state index >= 15 is 0 Å². The van der Waals surface area contributed by atoms with Crippen LogP contribution in [0.4, 0.5) is 8.78 Å². The summed E-state index contributed by atoms with van der Waals surface area (Å²) < 4.78 is 30.0. The third-order valence-corrected chi connectivity index (χ3v) is 0.393. The molecule has 0 atom stereocenters. The minimum Gasteiger partial charge on any atom is -0.348 e. The number of halogens is 2. The third-order valence-electron chi connectivity index (χ3n) is 0.393. The summed E-state index contributed by atoms with van der Waals surface area (Å²) in [5.41, 5.74) is 0. The van der Waals surface area contributed by atoms with Gasteiger partial charge in [-0.1, -0.05) is 0 Å². The van der Waals surface area contributed by atoms with E-state index in [0.717, 1.165) is 0 Å². The first-order chi connectivity index (χ1) is 3.77. The Hall–Kier alpha value is -0.220. The van der Waals surface area contributed by atoms with Gasteiger partial charge in [0, 0.05) is 6.61 Å². The van der Waals surface area contributed by atoms with Gasteiger partial charge in [-0.05, 0) is 6.92 Å². The second kappa shape index (κ2) is 4.93. The van der Waals surface area contributed by atoms with Crippen LogP contribution >= 0.6 is 0 Å². The van der Waals surface area contributed by atoms with Gasteiger partial charge in [0.05, 0.1) is 0 Å². The molecule has 8 heavy (non-hydrogen) atoms. The van der Waals surface area contributed by atoms with E-state index in [1.165, 1.54) is 0 Å². The van der Waals surface area contributed by atoms with Crippen LogP contribution in [0, 0.1) is 6.79 Å². The monoisotopic (exact) mass is 125 g/mol. The average molecular weight is 125 g/mol. The van der Waals surface area contributed by atoms with E-state index in [2.05, 4.69) is 9.47 Å². The maximum absolute atomic E-state index is 11.0. The molecule has 0 aromatic carbocycles. The Labute approximate surface area is 46.4 Å². The lowest BCUT2D eigenvalue weighted by Gasteiger charge is -1.98. The van der Waals surface area contributed by atoms with Gasteiger partial charge < -0.3 is 4.74 Å². The maximum Gasteiger partial charge on any atom is 0.347 e. The third kappa shape index (κ3) is 5.78. The van der Waals surface area contributed by atoms with E-state index in [1.807, 2.05) is 0 Å². The summed E-state index contributed by atoms with van der Waals surface area (Å²) in [4.78, 5) is 0. The Balaban J connectivity index is 2.72. The van der Waals surface area contributed by atoms with Crippen LogP contribution in [0.1, 0.15) is 6.92 Å². The zero-order valence-corrected chi connectivity index (χ0v) is 4.43. The predicted molar refractivity (Wildman–Crippen MR) is 23.0 cm³/mol. The van der Waals surface area contributed by atoms with E-state index in [4.69, 9.17) is 0 Å². The van der Waals surface area contributed by atoms with Gasteiger partial charge in [-0.15, -0.1) is 0 Å². The summed E-state index contributed by atoms with van der Waals surface area (Å²) in [6.45, 7) is -0.135. The van der Waals surface area contributed by atoms with Crippen LogP contribution in [0.15, 0.2) is 0 Å². The van der Waals surface area contributed by atoms with Crippen LogP contribution in [-0.2, 0) is 9.47 Å². The van der Waals surface area contributed by atoms with Gasteiger partial charge in [-0.2, -0.15) is 8.78 Å². The number of alkyl halides is 2. The fraction of sp³-hybridized carbons (Fsp3) is 0.750. The van der Waals surface area contributed by atoms with Crippen molar-refractivity contribution in [3.63, 3.8) is 0 Å². The van der Waals surface area contributed by atoms with Gasteiger partial charge in [-0.3, -0.25) is 4.74 Å². The molecule has 0 rings (SSSR count). The molecule has 0 amide bonds. The molecule has 49 valence electrons. The lowest BCUT2D eigenvalue weighted by Crippen LogP contribution is -1.98. The fourth-order valence-electron chi connectivity index (χ4n) is 0.149. The summed E-state index contributed by atoms with van der Waals surface area (Å²) in [6.07, 6.45) is 0. The topological polar surface area (TPSA) is 18.5 Å². The highest BCUT2D eigenvalue weighted by Crippen LogP contribution is 1.96. The number of hydrogen-bond acceptors (Lipinski definition) is 2. The summed E-state index contributed by atoms with van der Waals surface area (Å²) in [5, 5.41) is 0. The van der Waals surface area contributed by atoms with Gasteiger partial charge >= 0.3 is 6.61 Å². The van der Waals surface area contributed by atoms with Crippen molar-refractivity contribution in [1.29, 1.82) is 0 Å². The maximum atomic E-state index is 11.0. The van der Waals surface area contributed by atoms with Gasteiger partial charge in [0.2, 0.25) is 6.79 Å². The van der Waals surface area contributed by atoms with Gasteiger partial charge in [-0.25, -0.2) is 0 Å². The highest BCUT2D eigenvalue weighted by Gasteiger charge is 1.99. The predicted octanol–water partition coefficient (Wildman–Crippen LogP) is 1.38. The minimum atomic E-state index is -2.78. The second-order valence-corrected chi connectivity index (χ2v) is 0.948. The zero-order valence-electron chi connectivity index (χ0n) is 4.43. The molecular formula is C4H7F2O2. The van der Waals surface area contributed by atoms with E-state index < -0.39 is 6.61 Å². The standard InChI is InChI=1S/C4H7F2O2/c1-2-7-3-8-4(5)6/h3-4H,2H2,1H3. The lowest BCUT2D eigenvalue weighted by molar-refractivity contribution is -0.146. The van der Waals surface area contributed by atoms with Crippen LogP contribution in [0.3, 0.4) is 0 Å². The molecule has 0 saturated heterocycles. The smallest absolute Gasteiger partial charge is 0.347 e. The summed E-state index contributed by atoms with van der Waals surface area (Å²) in [5.74, 6) is 0. The molecule has 0 aliphatic carbocycles. The van der Waals surface area contributed by atoms with Gasteiger partial charge in [0.15, 0.2) is 0 Å². The zero-order chi connectivity index (χ0) is 6.41. The SMILES string of the molecule is CCO[CH]OC(F)F. The fourth-order valence-corrected chi connectivity index (χ4v) is 0.149. The Kier molecular flexibility index (Phi) is 4.79. The average Bonchev–Trinajstić information content (AvgIpc) is 1.66. The van der Waals surface area contributed by atoms with Crippen molar-refractivity contribution in [2.75, 3.05) is 6.61 Å². The molecule has 0 saturated carbocycles. The highest BCUT2D eigenvalue weighted by atomic mass is 19.3. The van der Waals surface area contributed by atoms with Crippen molar-refractivity contribution in [3.05, 3.63) is 6.79 Å². The molecule has 0 bridgehead atoms. The Morgan fingerprint density at radius 1 is 1.62 bits per heavy atom. The van der Waals surface area contributed by atoms with Gasteiger partial charge in [0.25, 0.3) is 0 Å². The van der Waals surface area contributed by atoms with Crippen molar-refractivity contribution in [1.82, 2.24) is 0 Å². The van der Waals surface area contributed by atoms with Crippen LogP contribution in [0.25, 0.3) is 0 Å². The molecule has 2 nitrogen and oxygen atoms in total. The normalized spacial score (nSPS) is 10.5. The summed E-state index contributed by atoms with van der Waals surface area (Å²) in [7, 11) is 0. The highest BCUT2D eigenvalue weighted by molar-refractivity contribution is 4.24. The van der Waals surface area contributed by atoms with Crippen molar-refractivity contribution in [2.45, 2.75) is 13.5 Å². The first-order valence-electron chi connectivity index (χ1n) is 2.14. The molecule has 4 heteroatoms. The largest absolute Gasteiger partial charge is 0.348 e. The van der Waals surface area contributed by atoms with Crippen LogP contribution in [0.2, 0.25) is 0 Å². The van der Waals surface area contributed by atoms with Crippen molar-refractivity contribution < 1.29 is 18.3 Å². The van der Waals surface area contributed by atoms with Crippen LogP contribution in [0.5, 0.6) is 0 Å². The molecule has 1 radical (unpaired) electrons. The summed E-state index contributed by atoms with van der Waals surface area (Å²) >= 11 is 0. The molecule has 0 aliphatic heterocycles. The number of rotatable bonds is 4. The molecule has 0 aromatic rings. The van der Waals surface area contributed by atoms with E-state index in [9.17, 15) is 8.78 Å². The first-order valence-corrected chi connectivity index (χ1v) is 2.14. The molecule has 0 spiro atoms. The van der Waals surface area contributed by atoms with Crippen molar-refractivity contribution in [2.24, 2.45) is 0 Å². The molecule has 0 fully saturated rings.